The maximum atomic E-state index is 13.2. The van der Waals surface area contributed by atoms with E-state index in [9.17, 15) is 4.79 Å². The van der Waals surface area contributed by atoms with Gasteiger partial charge in [0.25, 0.3) is 0 Å². The Labute approximate surface area is 203 Å². The van der Waals surface area contributed by atoms with Crippen molar-refractivity contribution in [3.8, 4) is 17.2 Å². The number of amides is 1. The molecule has 0 radical (unpaired) electrons. The van der Waals surface area contributed by atoms with Crippen LogP contribution in [0, 0.1) is 17.2 Å². The lowest BCUT2D eigenvalue weighted by atomic mass is 9.96. The van der Waals surface area contributed by atoms with Gasteiger partial charge in [-0.25, -0.2) is 4.98 Å². The Bertz CT molecular complexity index is 1240. The van der Waals surface area contributed by atoms with Crippen LogP contribution < -0.4 is 10.6 Å². The molecular formula is C26H25ClN6O. The summed E-state index contributed by atoms with van der Waals surface area (Å²) in [5.41, 5.74) is 3.73. The summed E-state index contributed by atoms with van der Waals surface area (Å²) in [5, 5.41) is 20.1. The molecule has 172 valence electrons. The zero-order valence-corrected chi connectivity index (χ0v) is 19.5. The van der Waals surface area contributed by atoms with E-state index >= 15 is 0 Å². The summed E-state index contributed by atoms with van der Waals surface area (Å²) in [7, 11) is 1.86. The molecule has 34 heavy (non-hydrogen) atoms. The van der Waals surface area contributed by atoms with E-state index in [0.717, 1.165) is 22.3 Å². The van der Waals surface area contributed by atoms with Crippen LogP contribution in [0.15, 0.2) is 83.8 Å². The molecule has 8 heteroatoms. The first kappa shape index (κ1) is 23.4. The van der Waals surface area contributed by atoms with E-state index in [0.29, 0.717) is 30.2 Å². The van der Waals surface area contributed by atoms with Crippen molar-refractivity contribution in [3.63, 3.8) is 0 Å². The van der Waals surface area contributed by atoms with Gasteiger partial charge in [0.15, 0.2) is 0 Å². The van der Waals surface area contributed by atoms with Crippen LogP contribution in [-0.4, -0.2) is 27.2 Å². The molecule has 7 nitrogen and oxygen atoms in total. The monoisotopic (exact) mass is 472 g/mol. The molecule has 0 saturated heterocycles. The fourth-order valence-corrected chi connectivity index (χ4v) is 4.12. The zero-order chi connectivity index (χ0) is 23.9. The van der Waals surface area contributed by atoms with Gasteiger partial charge in [-0.15, -0.1) is 0 Å². The highest BCUT2D eigenvalue weighted by Gasteiger charge is 2.21. The molecule has 0 spiro atoms. The van der Waals surface area contributed by atoms with Crippen LogP contribution in [0.3, 0.4) is 0 Å². The topological polar surface area (TPSA) is 95.6 Å². The standard InChI is InChI=1S/C26H25ClN6O/c1-33-17-22(16-31-33)21-9-10-24(30-15-21)32-26(34)25(20-5-3-2-4-6-20)29-12-11-19-8-7-18(14-28)13-23(19)27/h2-6,8-10,13,15-18,25,29H,7,11-12H2,1H3,(H,30,32,34). The lowest BCUT2D eigenvalue weighted by molar-refractivity contribution is -0.118. The number of nitrogens with one attached hydrogen (secondary N) is 2. The van der Waals surface area contributed by atoms with Crippen LogP contribution in [0.2, 0.25) is 0 Å². The maximum Gasteiger partial charge on any atom is 0.247 e. The Balaban J connectivity index is 1.42. The average molecular weight is 473 g/mol. The van der Waals surface area contributed by atoms with Gasteiger partial charge in [-0.3, -0.25) is 9.48 Å². The molecular weight excluding hydrogens is 448 g/mol. The molecule has 2 N–H and O–H groups in total. The minimum atomic E-state index is -0.556. The molecule has 0 aliphatic heterocycles. The largest absolute Gasteiger partial charge is 0.309 e. The molecule has 1 aromatic carbocycles. The number of hydrogen-bond acceptors (Lipinski definition) is 5. The van der Waals surface area contributed by atoms with Crippen LogP contribution >= 0.6 is 11.6 Å². The van der Waals surface area contributed by atoms with E-state index in [1.54, 1.807) is 29.2 Å². The predicted molar refractivity (Wildman–Crippen MR) is 133 cm³/mol. The van der Waals surface area contributed by atoms with Crippen molar-refractivity contribution in [1.82, 2.24) is 20.1 Å². The molecule has 1 aliphatic rings. The normalized spacial score (nSPS) is 16.2. The summed E-state index contributed by atoms with van der Waals surface area (Å²) in [6.07, 6.45) is 10.5. The molecule has 4 rings (SSSR count). The van der Waals surface area contributed by atoms with Gasteiger partial charge >= 0.3 is 0 Å². The van der Waals surface area contributed by atoms with Crippen molar-refractivity contribution in [2.45, 2.75) is 18.9 Å². The van der Waals surface area contributed by atoms with E-state index in [1.165, 1.54) is 0 Å². The van der Waals surface area contributed by atoms with Gasteiger partial charge in [0.05, 0.1) is 18.2 Å². The zero-order valence-electron chi connectivity index (χ0n) is 18.8. The number of pyridine rings is 1. The number of benzene rings is 1. The van der Waals surface area contributed by atoms with Crippen LogP contribution in [0.4, 0.5) is 5.82 Å². The molecule has 2 unspecified atom stereocenters. The maximum absolute atomic E-state index is 13.2. The van der Waals surface area contributed by atoms with Gasteiger partial charge in [-0.05, 0) is 42.2 Å². The minimum Gasteiger partial charge on any atom is -0.309 e. The lowest BCUT2D eigenvalue weighted by Gasteiger charge is -2.20. The van der Waals surface area contributed by atoms with Crippen molar-refractivity contribution in [2.24, 2.45) is 13.0 Å². The smallest absolute Gasteiger partial charge is 0.247 e. The van der Waals surface area contributed by atoms with E-state index in [4.69, 9.17) is 16.9 Å². The summed E-state index contributed by atoms with van der Waals surface area (Å²) in [6.45, 7) is 0.549. The van der Waals surface area contributed by atoms with Crippen molar-refractivity contribution in [3.05, 3.63) is 89.4 Å². The van der Waals surface area contributed by atoms with Gasteiger partial charge < -0.3 is 10.6 Å². The van der Waals surface area contributed by atoms with Crippen molar-refractivity contribution >= 4 is 23.3 Å². The molecule has 0 bridgehead atoms. The summed E-state index contributed by atoms with van der Waals surface area (Å²) in [5.74, 6) is 0.101. The SMILES string of the molecule is Cn1cc(-c2ccc(NC(=O)C(NCCC3=CCC(C#N)C=C3Cl)c3ccccc3)nc2)cn1. The lowest BCUT2D eigenvalue weighted by Crippen LogP contribution is -2.34. The average Bonchev–Trinajstić information content (AvgIpc) is 3.29. The summed E-state index contributed by atoms with van der Waals surface area (Å²) in [4.78, 5) is 17.6. The molecule has 1 aliphatic carbocycles. The fraction of sp³-hybridized carbons (Fsp3) is 0.231. The van der Waals surface area contributed by atoms with E-state index in [-0.39, 0.29) is 11.8 Å². The molecule has 2 aromatic heterocycles. The third-order valence-corrected chi connectivity index (χ3v) is 6.00. The van der Waals surface area contributed by atoms with Crippen LogP contribution in [0.5, 0.6) is 0 Å². The fourth-order valence-electron chi connectivity index (χ4n) is 3.80. The number of carbonyl (C=O) groups is 1. The summed E-state index contributed by atoms with van der Waals surface area (Å²) in [6, 6.07) is 14.9. The highest BCUT2D eigenvalue weighted by atomic mass is 35.5. The Hall–Kier alpha value is -3.73. The molecule has 2 atom stereocenters. The Morgan fingerprint density at radius 3 is 2.71 bits per heavy atom. The van der Waals surface area contributed by atoms with Gasteiger partial charge in [-0.1, -0.05) is 48.0 Å². The second-order valence-electron chi connectivity index (χ2n) is 8.09. The minimum absolute atomic E-state index is 0.177. The highest BCUT2D eigenvalue weighted by Crippen LogP contribution is 2.28. The number of aryl methyl sites for hydroxylation is 1. The Kier molecular flexibility index (Phi) is 7.53. The van der Waals surface area contributed by atoms with Gasteiger partial charge in [0, 0.05) is 42.1 Å². The number of rotatable bonds is 8. The van der Waals surface area contributed by atoms with Crippen molar-refractivity contribution in [2.75, 3.05) is 11.9 Å². The van der Waals surface area contributed by atoms with Crippen molar-refractivity contribution in [1.29, 1.82) is 5.26 Å². The van der Waals surface area contributed by atoms with E-state index < -0.39 is 6.04 Å². The van der Waals surface area contributed by atoms with E-state index in [2.05, 4.69) is 26.8 Å². The molecule has 1 amide bonds. The highest BCUT2D eigenvalue weighted by molar-refractivity contribution is 6.32. The first-order chi connectivity index (χ1) is 16.5. The number of aromatic nitrogens is 3. The molecule has 0 saturated carbocycles. The number of carbonyl (C=O) groups excluding carboxylic acids is 1. The molecule has 3 aromatic rings. The Morgan fingerprint density at radius 2 is 2.06 bits per heavy atom. The first-order valence-electron chi connectivity index (χ1n) is 11.0. The number of nitrogens with zero attached hydrogens (tertiary/aromatic N) is 4. The van der Waals surface area contributed by atoms with Gasteiger partial charge in [0.1, 0.15) is 11.9 Å². The van der Waals surface area contributed by atoms with Crippen molar-refractivity contribution < 1.29 is 4.79 Å². The number of hydrogen-bond donors (Lipinski definition) is 2. The second-order valence-corrected chi connectivity index (χ2v) is 8.49. The third kappa shape index (κ3) is 5.79. The number of allylic oxidation sites excluding steroid dienone is 3. The summed E-state index contributed by atoms with van der Waals surface area (Å²) < 4.78 is 1.73. The number of halogens is 1. The second kappa shape index (κ2) is 10.9. The number of anilines is 1. The van der Waals surface area contributed by atoms with E-state index in [1.807, 2.05) is 55.7 Å². The summed E-state index contributed by atoms with van der Waals surface area (Å²) >= 11 is 6.34. The van der Waals surface area contributed by atoms with Gasteiger partial charge in [-0.2, -0.15) is 10.4 Å². The first-order valence-corrected chi connectivity index (χ1v) is 11.4. The quantitative estimate of drug-likeness (QED) is 0.494. The third-order valence-electron chi connectivity index (χ3n) is 5.63. The molecule has 2 heterocycles. The predicted octanol–water partition coefficient (Wildman–Crippen LogP) is 4.73. The Morgan fingerprint density at radius 1 is 1.24 bits per heavy atom. The number of nitriles is 1. The van der Waals surface area contributed by atoms with Crippen LogP contribution in [-0.2, 0) is 11.8 Å². The molecule has 0 fully saturated rings. The van der Waals surface area contributed by atoms with Crippen LogP contribution in [0.25, 0.3) is 11.1 Å². The van der Waals surface area contributed by atoms with Gasteiger partial charge in [0.2, 0.25) is 5.91 Å². The van der Waals surface area contributed by atoms with Crippen LogP contribution in [0.1, 0.15) is 24.4 Å².